The average Bonchev–Trinajstić information content (AvgIpc) is 3.13. The molecule has 2 heterocycles. The van der Waals surface area contributed by atoms with Crippen LogP contribution in [-0.4, -0.2) is 48.8 Å². The number of fused-ring (bicyclic) bond motifs is 3. The molecule has 7 nitrogen and oxygen atoms in total. The van der Waals surface area contributed by atoms with Crippen molar-refractivity contribution in [3.63, 3.8) is 0 Å². The SMILES string of the molecule is C=CCN(CC=C)C(=O)CSc1nnc2n(CCC)c(=O)c3ccccc3n12. The highest BCUT2D eigenvalue weighted by Crippen LogP contribution is 2.22. The van der Waals surface area contributed by atoms with Crippen molar-refractivity contribution in [1.29, 1.82) is 0 Å². The minimum Gasteiger partial charge on any atom is -0.335 e. The van der Waals surface area contributed by atoms with Gasteiger partial charge in [-0.2, -0.15) is 0 Å². The van der Waals surface area contributed by atoms with Crippen molar-refractivity contribution >= 4 is 34.3 Å². The number of para-hydroxylation sites is 1. The van der Waals surface area contributed by atoms with Crippen LogP contribution in [0.25, 0.3) is 16.7 Å². The lowest BCUT2D eigenvalue weighted by Gasteiger charge is -2.18. The first kappa shape index (κ1) is 19.9. The summed E-state index contributed by atoms with van der Waals surface area (Å²) in [5.74, 6) is 0.672. The number of aromatic nitrogens is 4. The van der Waals surface area contributed by atoms with Gasteiger partial charge in [0.1, 0.15) is 0 Å². The molecule has 2 aromatic heterocycles. The summed E-state index contributed by atoms with van der Waals surface area (Å²) in [6, 6.07) is 7.39. The van der Waals surface area contributed by atoms with Gasteiger partial charge in [-0.15, -0.1) is 23.4 Å². The molecule has 0 saturated heterocycles. The third-order valence-electron chi connectivity index (χ3n) is 4.30. The smallest absolute Gasteiger partial charge is 0.262 e. The third-order valence-corrected chi connectivity index (χ3v) is 5.22. The van der Waals surface area contributed by atoms with Crippen molar-refractivity contribution in [2.75, 3.05) is 18.8 Å². The Bertz CT molecular complexity index is 1080. The molecule has 0 aliphatic rings. The molecule has 8 heteroatoms. The van der Waals surface area contributed by atoms with E-state index in [1.54, 1.807) is 27.7 Å². The largest absolute Gasteiger partial charge is 0.335 e. The second kappa shape index (κ2) is 8.88. The molecule has 0 fully saturated rings. The van der Waals surface area contributed by atoms with E-state index in [1.165, 1.54) is 11.8 Å². The van der Waals surface area contributed by atoms with E-state index in [-0.39, 0.29) is 17.2 Å². The number of amides is 1. The first-order valence-corrected chi connectivity index (χ1v) is 10.1. The Kier molecular flexibility index (Phi) is 6.30. The second-order valence-electron chi connectivity index (χ2n) is 6.26. The molecule has 0 saturated carbocycles. The summed E-state index contributed by atoms with van der Waals surface area (Å²) in [7, 11) is 0. The van der Waals surface area contributed by atoms with Crippen LogP contribution in [0.2, 0.25) is 0 Å². The fraction of sp³-hybridized carbons (Fsp3) is 0.300. The number of rotatable bonds is 9. The van der Waals surface area contributed by atoms with Crippen LogP contribution in [0.1, 0.15) is 13.3 Å². The highest BCUT2D eigenvalue weighted by atomic mass is 32.2. The van der Waals surface area contributed by atoms with Gasteiger partial charge in [0.15, 0.2) is 5.16 Å². The van der Waals surface area contributed by atoms with Crippen LogP contribution in [0.5, 0.6) is 0 Å². The van der Waals surface area contributed by atoms with E-state index in [1.807, 2.05) is 29.5 Å². The Morgan fingerprint density at radius 3 is 2.61 bits per heavy atom. The van der Waals surface area contributed by atoms with Gasteiger partial charge in [0, 0.05) is 19.6 Å². The highest BCUT2D eigenvalue weighted by Gasteiger charge is 2.18. The van der Waals surface area contributed by atoms with Crippen molar-refractivity contribution in [3.05, 3.63) is 59.9 Å². The fourth-order valence-electron chi connectivity index (χ4n) is 3.06. The summed E-state index contributed by atoms with van der Waals surface area (Å²) < 4.78 is 3.50. The molecule has 0 unspecified atom stereocenters. The van der Waals surface area contributed by atoms with Gasteiger partial charge in [-0.1, -0.05) is 43.0 Å². The number of aryl methyl sites for hydroxylation is 1. The minimum absolute atomic E-state index is 0.0345. The van der Waals surface area contributed by atoms with E-state index < -0.39 is 0 Å². The van der Waals surface area contributed by atoms with Crippen LogP contribution >= 0.6 is 11.8 Å². The maximum Gasteiger partial charge on any atom is 0.262 e. The zero-order valence-corrected chi connectivity index (χ0v) is 16.7. The number of benzene rings is 1. The van der Waals surface area contributed by atoms with Crippen LogP contribution in [0.15, 0.2) is 59.5 Å². The highest BCUT2D eigenvalue weighted by molar-refractivity contribution is 7.99. The van der Waals surface area contributed by atoms with Crippen LogP contribution in [0.4, 0.5) is 0 Å². The van der Waals surface area contributed by atoms with Gasteiger partial charge in [-0.05, 0) is 18.6 Å². The molecule has 1 aromatic carbocycles. The molecule has 0 bridgehead atoms. The molecule has 28 heavy (non-hydrogen) atoms. The molecule has 0 radical (unpaired) electrons. The van der Waals surface area contributed by atoms with E-state index >= 15 is 0 Å². The lowest BCUT2D eigenvalue weighted by molar-refractivity contribution is -0.127. The van der Waals surface area contributed by atoms with Crippen LogP contribution in [0, 0.1) is 0 Å². The first-order valence-electron chi connectivity index (χ1n) is 9.11. The quantitative estimate of drug-likeness (QED) is 0.410. The molecular formula is C20H23N5O2S. The molecule has 0 aliphatic carbocycles. The average molecular weight is 398 g/mol. The number of hydrogen-bond donors (Lipinski definition) is 0. The minimum atomic E-state index is -0.0758. The van der Waals surface area contributed by atoms with Crippen molar-refractivity contribution in [2.45, 2.75) is 25.0 Å². The molecule has 0 N–H and O–H groups in total. The van der Waals surface area contributed by atoms with Crippen molar-refractivity contribution in [3.8, 4) is 0 Å². The van der Waals surface area contributed by atoms with Crippen molar-refractivity contribution in [1.82, 2.24) is 24.1 Å². The van der Waals surface area contributed by atoms with Gasteiger partial charge in [0.2, 0.25) is 11.7 Å². The number of nitrogens with zero attached hydrogens (tertiary/aromatic N) is 5. The summed E-state index contributed by atoms with van der Waals surface area (Å²) in [6.07, 6.45) is 4.19. The second-order valence-corrected chi connectivity index (χ2v) is 7.20. The predicted molar refractivity (Wildman–Crippen MR) is 113 cm³/mol. The summed E-state index contributed by atoms with van der Waals surface area (Å²) in [5.41, 5.74) is 0.664. The van der Waals surface area contributed by atoms with E-state index in [9.17, 15) is 9.59 Å². The number of carbonyl (C=O) groups is 1. The monoisotopic (exact) mass is 397 g/mol. The van der Waals surface area contributed by atoms with Gasteiger partial charge in [-0.25, -0.2) is 0 Å². The Morgan fingerprint density at radius 2 is 1.93 bits per heavy atom. The lowest BCUT2D eigenvalue weighted by atomic mass is 10.2. The van der Waals surface area contributed by atoms with Crippen molar-refractivity contribution < 1.29 is 4.79 Å². The van der Waals surface area contributed by atoms with E-state index in [0.29, 0.717) is 36.0 Å². The predicted octanol–water partition coefficient (Wildman–Crippen LogP) is 2.75. The molecule has 0 atom stereocenters. The van der Waals surface area contributed by atoms with E-state index in [0.717, 1.165) is 11.9 Å². The summed E-state index contributed by atoms with van der Waals surface area (Å²) >= 11 is 1.31. The standard InChI is InChI=1S/C20H23N5O2S/c1-4-11-23(12-5-2)17(26)14-28-20-22-21-19-24(13-6-3)18(27)15-9-7-8-10-16(15)25(19)20/h4-5,7-10H,1-2,6,11-14H2,3H3. The Balaban J connectivity index is 2.01. The normalized spacial score (nSPS) is 11.0. The van der Waals surface area contributed by atoms with E-state index in [4.69, 9.17) is 0 Å². The molecule has 146 valence electrons. The molecular weight excluding hydrogens is 374 g/mol. The number of thioether (sulfide) groups is 1. The molecule has 0 aliphatic heterocycles. The maximum atomic E-state index is 12.8. The molecule has 1 amide bonds. The third kappa shape index (κ3) is 3.73. The Hall–Kier alpha value is -2.87. The van der Waals surface area contributed by atoms with Gasteiger partial charge in [0.05, 0.1) is 16.7 Å². The Morgan fingerprint density at radius 1 is 1.21 bits per heavy atom. The maximum absolute atomic E-state index is 12.8. The topological polar surface area (TPSA) is 72.5 Å². The van der Waals surface area contributed by atoms with Crippen LogP contribution < -0.4 is 5.56 Å². The summed E-state index contributed by atoms with van der Waals surface area (Å²) in [6.45, 7) is 10.9. The molecule has 0 spiro atoms. The van der Waals surface area contributed by atoms with Crippen LogP contribution in [0.3, 0.4) is 0 Å². The van der Waals surface area contributed by atoms with Gasteiger partial charge >= 0.3 is 0 Å². The fourth-order valence-corrected chi connectivity index (χ4v) is 3.90. The zero-order chi connectivity index (χ0) is 20.1. The number of hydrogen-bond acceptors (Lipinski definition) is 5. The summed E-state index contributed by atoms with van der Waals surface area (Å²) in [5, 5.41) is 9.69. The van der Waals surface area contributed by atoms with Gasteiger partial charge in [-0.3, -0.25) is 18.6 Å². The van der Waals surface area contributed by atoms with Crippen molar-refractivity contribution in [2.24, 2.45) is 0 Å². The molecule has 3 aromatic rings. The number of carbonyl (C=O) groups excluding carboxylic acids is 1. The van der Waals surface area contributed by atoms with Gasteiger partial charge < -0.3 is 4.90 Å². The zero-order valence-electron chi connectivity index (χ0n) is 15.9. The lowest BCUT2D eigenvalue weighted by Crippen LogP contribution is -2.32. The van der Waals surface area contributed by atoms with Gasteiger partial charge in [0.25, 0.3) is 5.56 Å². The Labute approximate surface area is 167 Å². The summed E-state index contributed by atoms with van der Waals surface area (Å²) in [4.78, 5) is 27.0. The van der Waals surface area contributed by atoms with E-state index in [2.05, 4.69) is 23.4 Å². The first-order chi connectivity index (χ1) is 13.6. The van der Waals surface area contributed by atoms with Crippen LogP contribution in [-0.2, 0) is 11.3 Å². The molecule has 3 rings (SSSR count).